The monoisotopic (exact) mass is 494 g/mol. The molecule has 8 heteroatoms. The van der Waals surface area contributed by atoms with Crippen LogP contribution in [0.15, 0.2) is 66.7 Å². The van der Waals surface area contributed by atoms with E-state index in [1.807, 2.05) is 56.4 Å². The number of rotatable bonds is 5. The minimum Gasteiger partial charge on any atom is -0.298 e. The van der Waals surface area contributed by atoms with Gasteiger partial charge in [0.15, 0.2) is 10.8 Å². The molecule has 0 atom stereocenters. The fraction of sp³-hybridized carbons (Fsp3) is 0.214. The van der Waals surface area contributed by atoms with Crippen molar-refractivity contribution in [3.63, 3.8) is 0 Å². The number of carbonyl (C=O) groups is 1. The molecule has 1 aliphatic rings. The lowest BCUT2D eigenvalue weighted by Gasteiger charge is -2.25. The molecule has 7 nitrogen and oxygen atoms in total. The first-order valence-electron chi connectivity index (χ1n) is 12.0. The van der Waals surface area contributed by atoms with Gasteiger partial charge in [-0.05, 0) is 18.6 Å². The number of hydrogen-bond donors (Lipinski definition) is 1. The molecular formula is C28H26N6OS. The van der Waals surface area contributed by atoms with Crippen LogP contribution in [0.25, 0.3) is 22.3 Å². The highest BCUT2D eigenvalue weighted by Crippen LogP contribution is 2.31. The van der Waals surface area contributed by atoms with Crippen LogP contribution in [0.3, 0.4) is 0 Å². The summed E-state index contributed by atoms with van der Waals surface area (Å²) in [5, 5.41) is 9.01. The third kappa shape index (κ3) is 4.29. The molecule has 3 aromatic heterocycles. The SMILES string of the molecule is Cc1nn(C)c2nc(-c3ccccc3)cc(C(=O)Nc3nc4c(s3)CN(Cc3ccccc3)CC4)c12. The third-order valence-electron chi connectivity index (χ3n) is 6.56. The molecule has 0 bridgehead atoms. The average Bonchev–Trinajstić information content (AvgIpc) is 3.43. The topological polar surface area (TPSA) is 75.9 Å². The van der Waals surface area contributed by atoms with Crippen molar-refractivity contribution in [2.45, 2.75) is 26.4 Å². The van der Waals surface area contributed by atoms with Crippen LogP contribution in [-0.4, -0.2) is 37.1 Å². The smallest absolute Gasteiger partial charge is 0.258 e. The van der Waals surface area contributed by atoms with Gasteiger partial charge in [0.1, 0.15) is 0 Å². The van der Waals surface area contributed by atoms with E-state index in [4.69, 9.17) is 9.97 Å². The summed E-state index contributed by atoms with van der Waals surface area (Å²) in [6.45, 7) is 4.63. The number of carbonyl (C=O) groups excluding carboxylic acids is 1. The number of nitrogens with zero attached hydrogens (tertiary/aromatic N) is 5. The molecule has 1 amide bonds. The second-order valence-corrected chi connectivity index (χ2v) is 10.2. The molecule has 0 spiro atoms. The van der Waals surface area contributed by atoms with E-state index in [1.54, 1.807) is 16.0 Å². The number of anilines is 1. The van der Waals surface area contributed by atoms with Crippen molar-refractivity contribution in [2.75, 3.05) is 11.9 Å². The van der Waals surface area contributed by atoms with E-state index in [-0.39, 0.29) is 5.91 Å². The van der Waals surface area contributed by atoms with Gasteiger partial charge in [-0.2, -0.15) is 5.10 Å². The first-order valence-corrected chi connectivity index (χ1v) is 12.8. The van der Waals surface area contributed by atoms with Crippen LogP contribution in [0, 0.1) is 6.92 Å². The number of nitrogens with one attached hydrogen (secondary N) is 1. The second kappa shape index (κ2) is 9.29. The minimum atomic E-state index is -0.192. The first kappa shape index (κ1) is 22.6. The van der Waals surface area contributed by atoms with Gasteiger partial charge in [-0.25, -0.2) is 9.97 Å². The van der Waals surface area contributed by atoms with Crippen molar-refractivity contribution in [3.8, 4) is 11.3 Å². The van der Waals surface area contributed by atoms with E-state index in [1.165, 1.54) is 10.4 Å². The minimum absolute atomic E-state index is 0.192. The summed E-state index contributed by atoms with van der Waals surface area (Å²) in [5.41, 5.74) is 6.11. The highest BCUT2D eigenvalue weighted by molar-refractivity contribution is 7.15. The highest BCUT2D eigenvalue weighted by atomic mass is 32.1. The number of fused-ring (bicyclic) bond motifs is 2. The summed E-state index contributed by atoms with van der Waals surface area (Å²) < 4.78 is 1.73. The van der Waals surface area contributed by atoms with E-state index in [0.717, 1.165) is 54.1 Å². The Morgan fingerprint density at radius 1 is 1.06 bits per heavy atom. The number of amides is 1. The maximum atomic E-state index is 13.6. The molecule has 0 saturated heterocycles. The molecule has 0 aliphatic carbocycles. The van der Waals surface area contributed by atoms with Crippen molar-refractivity contribution in [1.29, 1.82) is 0 Å². The lowest BCUT2D eigenvalue weighted by molar-refractivity contribution is 0.102. The van der Waals surface area contributed by atoms with Crippen molar-refractivity contribution in [1.82, 2.24) is 24.6 Å². The van der Waals surface area contributed by atoms with Gasteiger partial charge in [-0.1, -0.05) is 60.7 Å². The average molecular weight is 495 g/mol. The molecule has 0 radical (unpaired) electrons. The van der Waals surface area contributed by atoms with Crippen molar-refractivity contribution in [3.05, 3.63) is 94.1 Å². The molecule has 6 rings (SSSR count). The third-order valence-corrected chi connectivity index (χ3v) is 7.56. The molecule has 5 aromatic rings. The molecule has 0 fully saturated rings. The van der Waals surface area contributed by atoms with E-state index in [0.29, 0.717) is 16.3 Å². The van der Waals surface area contributed by atoms with E-state index < -0.39 is 0 Å². The standard InChI is InChI=1S/C28H26N6OS/c1-18-25-21(15-23(20-11-7-4-8-12-20)29-26(25)33(2)32-18)27(35)31-28-30-22-13-14-34(17-24(22)36-28)16-19-9-5-3-6-10-19/h3-12,15H,13-14,16-17H2,1-2H3,(H,30,31,35). The Morgan fingerprint density at radius 3 is 2.58 bits per heavy atom. The van der Waals surface area contributed by atoms with E-state index in [2.05, 4.69) is 39.6 Å². The van der Waals surface area contributed by atoms with Gasteiger partial charge in [0, 0.05) is 43.5 Å². The van der Waals surface area contributed by atoms with Gasteiger partial charge in [-0.15, -0.1) is 11.3 Å². The quantitative estimate of drug-likeness (QED) is 0.363. The van der Waals surface area contributed by atoms with Crippen molar-refractivity contribution < 1.29 is 4.79 Å². The molecule has 2 aromatic carbocycles. The molecule has 1 N–H and O–H groups in total. The van der Waals surface area contributed by atoms with E-state index in [9.17, 15) is 4.79 Å². The van der Waals surface area contributed by atoms with Gasteiger partial charge in [-0.3, -0.25) is 19.7 Å². The lowest BCUT2D eigenvalue weighted by atomic mass is 10.1. The van der Waals surface area contributed by atoms with Crippen LogP contribution in [0.4, 0.5) is 5.13 Å². The van der Waals surface area contributed by atoms with Crippen LogP contribution in [-0.2, 0) is 26.6 Å². The predicted octanol–water partition coefficient (Wildman–Crippen LogP) is 5.21. The van der Waals surface area contributed by atoms with Crippen LogP contribution >= 0.6 is 11.3 Å². The second-order valence-electron chi connectivity index (χ2n) is 9.12. The Labute approximate surface area is 213 Å². The molecule has 0 saturated carbocycles. The number of aromatic nitrogens is 4. The maximum Gasteiger partial charge on any atom is 0.258 e. The first-order chi connectivity index (χ1) is 17.5. The Bertz CT molecular complexity index is 1560. The molecule has 4 heterocycles. The number of benzene rings is 2. The van der Waals surface area contributed by atoms with E-state index >= 15 is 0 Å². The summed E-state index contributed by atoms with van der Waals surface area (Å²) in [4.78, 5) is 26.8. The van der Waals surface area contributed by atoms with Gasteiger partial charge in [0.2, 0.25) is 0 Å². The van der Waals surface area contributed by atoms with Crippen LogP contribution in [0.2, 0.25) is 0 Å². The van der Waals surface area contributed by atoms with Crippen LogP contribution in [0.1, 0.15) is 32.2 Å². The molecule has 36 heavy (non-hydrogen) atoms. The molecular weight excluding hydrogens is 468 g/mol. The fourth-order valence-corrected chi connectivity index (χ4v) is 5.87. The zero-order chi connectivity index (χ0) is 24.6. The normalized spacial score (nSPS) is 13.6. The summed E-state index contributed by atoms with van der Waals surface area (Å²) in [6.07, 6.45) is 0.883. The van der Waals surface area contributed by atoms with Gasteiger partial charge < -0.3 is 0 Å². The van der Waals surface area contributed by atoms with Crippen LogP contribution < -0.4 is 5.32 Å². The summed E-state index contributed by atoms with van der Waals surface area (Å²) in [6, 6.07) is 22.3. The molecule has 0 unspecified atom stereocenters. The number of thiazole rings is 1. The predicted molar refractivity (Wildman–Crippen MR) is 143 cm³/mol. The molecule has 1 aliphatic heterocycles. The van der Waals surface area contributed by atoms with Crippen molar-refractivity contribution in [2.24, 2.45) is 7.05 Å². The highest BCUT2D eigenvalue weighted by Gasteiger charge is 2.24. The van der Waals surface area contributed by atoms with Gasteiger partial charge in [0.25, 0.3) is 5.91 Å². The van der Waals surface area contributed by atoms with Crippen LogP contribution in [0.5, 0.6) is 0 Å². The zero-order valence-corrected chi connectivity index (χ0v) is 21.0. The fourth-order valence-electron chi connectivity index (χ4n) is 4.82. The summed E-state index contributed by atoms with van der Waals surface area (Å²) >= 11 is 1.57. The zero-order valence-electron chi connectivity index (χ0n) is 20.2. The molecule has 180 valence electrons. The Kier molecular flexibility index (Phi) is 5.83. The maximum absolute atomic E-state index is 13.6. The van der Waals surface area contributed by atoms with Crippen molar-refractivity contribution >= 4 is 33.4 Å². The largest absolute Gasteiger partial charge is 0.298 e. The number of pyridine rings is 1. The summed E-state index contributed by atoms with van der Waals surface area (Å²) in [7, 11) is 1.86. The van der Waals surface area contributed by atoms with Gasteiger partial charge in [0.05, 0.1) is 28.0 Å². The summed E-state index contributed by atoms with van der Waals surface area (Å²) in [5.74, 6) is -0.192. The van der Waals surface area contributed by atoms with Gasteiger partial charge >= 0.3 is 0 Å². The number of hydrogen-bond acceptors (Lipinski definition) is 6. The lowest BCUT2D eigenvalue weighted by Crippen LogP contribution is -2.29. The Morgan fingerprint density at radius 2 is 1.81 bits per heavy atom. The number of aryl methyl sites for hydroxylation is 2. The Balaban J connectivity index is 1.28. The Hall–Kier alpha value is -3.88.